The van der Waals surface area contributed by atoms with Crippen molar-refractivity contribution in [2.24, 2.45) is 0 Å². The van der Waals surface area contributed by atoms with E-state index >= 15 is 0 Å². The lowest BCUT2D eigenvalue weighted by atomic mass is 9.78. The third-order valence-electron chi connectivity index (χ3n) is 2.81. The fourth-order valence-electron chi connectivity index (χ4n) is 2.12. The molecule has 1 atom stereocenters. The number of hydrogen-bond donors (Lipinski definition) is 1. The monoisotopic (exact) mass is 237 g/mol. The molecule has 1 aromatic carbocycles. The van der Waals surface area contributed by atoms with E-state index in [0.717, 1.165) is 0 Å². The molecule has 2 aliphatic heterocycles. The minimum absolute atomic E-state index is 0.0818. The molecule has 0 aromatic heterocycles. The van der Waals surface area contributed by atoms with Crippen molar-refractivity contribution in [2.45, 2.75) is 6.10 Å². The Labute approximate surface area is 96.2 Å². The van der Waals surface area contributed by atoms with Crippen molar-refractivity contribution in [2.75, 3.05) is 13.3 Å². The van der Waals surface area contributed by atoms with Gasteiger partial charge in [-0.25, -0.2) is 0 Å². The average molecular weight is 237 g/mol. The number of fused-ring (bicyclic) bond motifs is 3. The third kappa shape index (κ3) is 1.53. The minimum atomic E-state index is -1.20. The van der Waals surface area contributed by atoms with Crippen molar-refractivity contribution in [3.8, 4) is 11.5 Å². The van der Waals surface area contributed by atoms with Gasteiger partial charge >= 0.3 is 7.12 Å². The zero-order valence-corrected chi connectivity index (χ0v) is 8.66. The Bertz CT molecular complexity index is 493. The fraction of sp³-hybridized carbons (Fsp3) is 0.333. The highest BCUT2D eigenvalue weighted by Gasteiger charge is 2.42. The number of ether oxygens (including phenoxy) is 2. The van der Waals surface area contributed by atoms with Gasteiger partial charge in [0.25, 0.3) is 0 Å². The summed E-state index contributed by atoms with van der Waals surface area (Å²) in [5, 5.41) is 20.2. The van der Waals surface area contributed by atoms with E-state index < -0.39 is 18.1 Å². The lowest BCUT2D eigenvalue weighted by Crippen LogP contribution is -2.29. The van der Waals surface area contributed by atoms with Crippen LogP contribution < -0.4 is 14.9 Å². The highest BCUT2D eigenvalue weighted by molar-refractivity contribution is 6.63. The van der Waals surface area contributed by atoms with Crippen LogP contribution in [-0.4, -0.2) is 30.4 Å². The number of nitrogens with zero attached hydrogens (tertiary/aromatic N) is 1. The zero-order valence-electron chi connectivity index (χ0n) is 8.66. The molecule has 0 aliphatic carbocycles. The second-order valence-corrected chi connectivity index (χ2v) is 3.79. The molecule has 3 rings (SSSR count). The predicted molar refractivity (Wildman–Crippen MR) is 55.9 cm³/mol. The van der Waals surface area contributed by atoms with Gasteiger partial charge in [0.15, 0.2) is 11.5 Å². The summed E-state index contributed by atoms with van der Waals surface area (Å²) >= 11 is 0. The summed E-state index contributed by atoms with van der Waals surface area (Å²) in [4.78, 5) is 10.0. The van der Waals surface area contributed by atoms with Crippen molar-refractivity contribution in [3.05, 3.63) is 27.8 Å². The van der Waals surface area contributed by atoms with Gasteiger partial charge in [0.05, 0.1) is 0 Å². The highest BCUT2D eigenvalue weighted by atomic mass is 16.7. The van der Waals surface area contributed by atoms with Gasteiger partial charge < -0.3 is 19.2 Å². The summed E-state index contributed by atoms with van der Waals surface area (Å²) in [6, 6.07) is 3.32. The largest absolute Gasteiger partial charge is 0.496 e. The molecule has 0 fully saturated rings. The molecule has 0 spiro atoms. The van der Waals surface area contributed by atoms with E-state index in [1.165, 1.54) is 0 Å². The van der Waals surface area contributed by atoms with Gasteiger partial charge in [0.1, 0.15) is 6.10 Å². The van der Waals surface area contributed by atoms with E-state index in [-0.39, 0.29) is 13.3 Å². The Morgan fingerprint density at radius 2 is 2.35 bits per heavy atom. The molecule has 0 unspecified atom stereocenters. The summed E-state index contributed by atoms with van der Waals surface area (Å²) < 4.78 is 15.5. The van der Waals surface area contributed by atoms with Crippen LogP contribution in [0, 0.1) is 10.1 Å². The predicted octanol–water partition coefficient (Wildman–Crippen LogP) is -0.549. The molecule has 0 saturated heterocycles. The van der Waals surface area contributed by atoms with Crippen LogP contribution in [0.3, 0.4) is 0 Å². The second kappa shape index (κ2) is 3.61. The first-order valence-corrected chi connectivity index (χ1v) is 5.04. The van der Waals surface area contributed by atoms with Crippen LogP contribution in [0.25, 0.3) is 0 Å². The lowest BCUT2D eigenvalue weighted by Gasteiger charge is -2.06. The molecule has 2 aliphatic rings. The summed E-state index contributed by atoms with van der Waals surface area (Å²) in [5.41, 5.74) is 1.02. The van der Waals surface area contributed by atoms with E-state index in [1.54, 1.807) is 12.1 Å². The number of nitro groups is 1. The maximum atomic E-state index is 10.5. The van der Waals surface area contributed by atoms with Crippen LogP contribution in [-0.2, 0) is 4.65 Å². The molecule has 0 radical (unpaired) electrons. The third-order valence-corrected chi connectivity index (χ3v) is 2.81. The topological polar surface area (TPSA) is 91.1 Å². The van der Waals surface area contributed by atoms with E-state index in [1.807, 2.05) is 0 Å². The Morgan fingerprint density at radius 1 is 1.53 bits per heavy atom. The van der Waals surface area contributed by atoms with E-state index in [4.69, 9.17) is 14.1 Å². The van der Waals surface area contributed by atoms with E-state index in [0.29, 0.717) is 22.5 Å². The fourth-order valence-corrected chi connectivity index (χ4v) is 2.12. The Balaban J connectivity index is 2.04. The molecule has 1 aromatic rings. The maximum absolute atomic E-state index is 10.5. The van der Waals surface area contributed by atoms with Crippen molar-refractivity contribution in [3.63, 3.8) is 0 Å². The zero-order chi connectivity index (χ0) is 12.0. The van der Waals surface area contributed by atoms with Crippen LogP contribution in [0.4, 0.5) is 0 Å². The quantitative estimate of drug-likeness (QED) is 0.421. The van der Waals surface area contributed by atoms with Crippen LogP contribution >= 0.6 is 0 Å². The molecule has 1 N–H and O–H groups in total. The van der Waals surface area contributed by atoms with Gasteiger partial charge in [0, 0.05) is 10.4 Å². The molecular weight excluding hydrogens is 229 g/mol. The Kier molecular flexibility index (Phi) is 2.20. The summed E-state index contributed by atoms with van der Waals surface area (Å²) in [6.07, 6.45) is -0.746. The van der Waals surface area contributed by atoms with Crippen molar-refractivity contribution < 1.29 is 24.1 Å². The minimum Gasteiger partial charge on any atom is -0.454 e. The summed E-state index contributed by atoms with van der Waals surface area (Å²) in [6.45, 7) is -0.303. The van der Waals surface area contributed by atoms with Crippen LogP contribution in [0.5, 0.6) is 11.5 Å². The molecular formula is C9H8BNO6. The molecule has 0 saturated carbocycles. The number of hydrogen-bond acceptors (Lipinski definition) is 6. The normalized spacial score (nSPS) is 20.5. The standard InChI is InChI=1S/C9H8BNO6/c12-10-8-5(7(17-10)3-11(13)14)1-2-6-9(8)16-4-15-6/h1-2,7,12H,3-4H2/t7-/m0/s1. The van der Waals surface area contributed by atoms with Crippen LogP contribution in [0.1, 0.15) is 11.7 Å². The SMILES string of the molecule is O=[N+]([O-])C[C@@H]1OB(O)c2c1ccc1c2OCO1. The number of rotatable bonds is 2. The Hall–Kier alpha value is -1.80. The van der Waals surface area contributed by atoms with E-state index in [2.05, 4.69) is 0 Å². The molecule has 0 bridgehead atoms. The number of benzene rings is 1. The molecule has 88 valence electrons. The first-order valence-electron chi connectivity index (χ1n) is 5.04. The van der Waals surface area contributed by atoms with Gasteiger partial charge in [0.2, 0.25) is 13.3 Å². The van der Waals surface area contributed by atoms with Gasteiger partial charge in [-0.2, -0.15) is 0 Å². The smallest absolute Gasteiger partial charge is 0.454 e. The van der Waals surface area contributed by atoms with Crippen molar-refractivity contribution >= 4 is 12.6 Å². The van der Waals surface area contributed by atoms with Gasteiger partial charge in [-0.05, 0) is 11.6 Å². The summed E-state index contributed by atoms with van der Waals surface area (Å²) in [7, 11) is -1.20. The second-order valence-electron chi connectivity index (χ2n) is 3.79. The average Bonchev–Trinajstić information content (AvgIpc) is 2.82. The highest BCUT2D eigenvalue weighted by Crippen LogP contribution is 2.36. The molecule has 17 heavy (non-hydrogen) atoms. The first-order chi connectivity index (χ1) is 8.16. The van der Waals surface area contributed by atoms with Gasteiger partial charge in [-0.15, -0.1) is 0 Å². The molecule has 2 heterocycles. The maximum Gasteiger partial charge on any atom is 0.496 e. The van der Waals surface area contributed by atoms with Crippen LogP contribution in [0.2, 0.25) is 0 Å². The summed E-state index contributed by atoms with van der Waals surface area (Å²) in [5.74, 6) is 0.939. The van der Waals surface area contributed by atoms with Crippen molar-refractivity contribution in [1.82, 2.24) is 0 Å². The van der Waals surface area contributed by atoms with Crippen molar-refractivity contribution in [1.29, 1.82) is 0 Å². The lowest BCUT2D eigenvalue weighted by molar-refractivity contribution is -0.490. The molecule has 7 nitrogen and oxygen atoms in total. The Morgan fingerprint density at radius 3 is 3.12 bits per heavy atom. The molecule has 8 heteroatoms. The molecule has 0 amide bonds. The van der Waals surface area contributed by atoms with Gasteiger partial charge in [-0.3, -0.25) is 10.1 Å². The van der Waals surface area contributed by atoms with E-state index in [9.17, 15) is 15.1 Å². The first kappa shape index (κ1) is 10.4. The van der Waals surface area contributed by atoms with Crippen LogP contribution in [0.15, 0.2) is 12.1 Å². The van der Waals surface area contributed by atoms with Gasteiger partial charge in [-0.1, -0.05) is 6.07 Å².